The third kappa shape index (κ3) is 6.22. The van der Waals surface area contributed by atoms with E-state index in [9.17, 15) is 0 Å². The fourth-order valence-electron chi connectivity index (χ4n) is 10.4. The van der Waals surface area contributed by atoms with E-state index < -0.39 is 0 Å². The molecule has 0 heterocycles. The van der Waals surface area contributed by atoms with Gasteiger partial charge in [0.15, 0.2) is 0 Å². The highest BCUT2D eigenvalue weighted by Gasteiger charge is 2.36. The largest absolute Gasteiger partial charge is 0.0616 e. The molecule has 0 atom stereocenters. The minimum absolute atomic E-state index is 0.0262. The van der Waals surface area contributed by atoms with Crippen molar-refractivity contribution in [3.63, 3.8) is 0 Å². The number of rotatable bonds is 2. The summed E-state index contributed by atoms with van der Waals surface area (Å²) in [5.74, 6) is 0. The normalized spacial score (nSPS) is 13.7. The van der Waals surface area contributed by atoms with Gasteiger partial charge in [-0.3, -0.25) is 0 Å². The molecule has 0 nitrogen and oxygen atoms in total. The molecule has 0 N–H and O–H groups in total. The molecule has 0 spiro atoms. The van der Waals surface area contributed by atoms with Crippen LogP contribution < -0.4 is 0 Å². The highest BCUT2D eigenvalue weighted by atomic mass is 14.4. The van der Waals surface area contributed by atoms with E-state index in [1.54, 1.807) is 0 Å². The van der Waals surface area contributed by atoms with E-state index in [1.807, 2.05) is 0 Å². The van der Waals surface area contributed by atoms with Crippen molar-refractivity contribution < 1.29 is 0 Å². The summed E-state index contributed by atoms with van der Waals surface area (Å²) >= 11 is 0. The quantitative estimate of drug-likeness (QED) is 0.153. The Bertz CT molecular complexity index is 3000. The zero-order valence-electron chi connectivity index (χ0n) is 40.0. The monoisotopic (exact) mass is 809 g/mol. The fourth-order valence-corrected chi connectivity index (χ4v) is 10.4. The van der Waals surface area contributed by atoms with Crippen molar-refractivity contribution in [2.24, 2.45) is 0 Å². The Morgan fingerprint density at radius 3 is 0.984 bits per heavy atom. The smallest absolute Gasteiger partial charge is 0.000740 e. The maximum absolute atomic E-state index is 2.53. The molecule has 0 bridgehead atoms. The second-order valence-corrected chi connectivity index (χ2v) is 23.9. The van der Waals surface area contributed by atoms with Crippen molar-refractivity contribution in [1.29, 1.82) is 0 Å². The summed E-state index contributed by atoms with van der Waals surface area (Å²) in [6, 6.07) is 46.2. The minimum Gasteiger partial charge on any atom is -0.0616 e. The lowest BCUT2D eigenvalue weighted by molar-refractivity contribution is 0.568. The van der Waals surface area contributed by atoms with Crippen LogP contribution in [-0.4, -0.2) is 0 Å². The van der Waals surface area contributed by atoms with Gasteiger partial charge >= 0.3 is 0 Å². The Hall–Kier alpha value is -5.46. The summed E-state index contributed by atoms with van der Waals surface area (Å²) < 4.78 is 0. The van der Waals surface area contributed by atoms with Crippen LogP contribution in [0.25, 0.3) is 99.1 Å². The maximum atomic E-state index is 2.53. The van der Waals surface area contributed by atoms with Crippen LogP contribution in [0.1, 0.15) is 132 Å². The molecule has 8 aromatic rings. The first-order valence-electron chi connectivity index (χ1n) is 23.0. The Morgan fingerprint density at radius 2 is 0.597 bits per heavy atom. The first-order chi connectivity index (χ1) is 28.9. The van der Waals surface area contributed by atoms with Gasteiger partial charge in [-0.05, 0) is 172 Å². The third-order valence-electron chi connectivity index (χ3n) is 14.2. The van der Waals surface area contributed by atoms with Crippen LogP contribution in [0.2, 0.25) is 0 Å². The summed E-state index contributed by atoms with van der Waals surface area (Å²) in [4.78, 5) is 0. The van der Waals surface area contributed by atoms with Crippen molar-refractivity contribution in [1.82, 2.24) is 0 Å². The molecule has 0 saturated heterocycles. The molecule has 8 aromatic carbocycles. The van der Waals surface area contributed by atoms with Gasteiger partial charge in [0.05, 0.1) is 0 Å². The van der Waals surface area contributed by atoms with E-state index in [0.29, 0.717) is 0 Å². The van der Waals surface area contributed by atoms with E-state index in [0.717, 1.165) is 0 Å². The molecule has 0 aromatic heterocycles. The van der Waals surface area contributed by atoms with E-state index in [1.165, 1.54) is 127 Å². The lowest BCUT2D eigenvalue weighted by atomic mass is 9.75. The van der Waals surface area contributed by atoms with Crippen molar-refractivity contribution >= 4 is 32.3 Å². The van der Waals surface area contributed by atoms with Crippen molar-refractivity contribution in [2.45, 2.75) is 131 Å². The zero-order chi connectivity index (χ0) is 44.2. The van der Waals surface area contributed by atoms with Crippen LogP contribution >= 0.6 is 0 Å². The molecule has 0 fully saturated rings. The molecule has 0 amide bonds. The van der Waals surface area contributed by atoms with Crippen LogP contribution in [0.15, 0.2) is 115 Å². The lowest BCUT2D eigenvalue weighted by Gasteiger charge is -2.29. The average molecular weight is 809 g/mol. The molecular weight excluding hydrogens is 745 g/mol. The van der Waals surface area contributed by atoms with Gasteiger partial charge in [0.2, 0.25) is 0 Å². The minimum atomic E-state index is -0.0262. The predicted octanol–water partition coefficient (Wildman–Crippen LogP) is 18.3. The Kier molecular flexibility index (Phi) is 8.54. The van der Waals surface area contributed by atoms with E-state index in [2.05, 4.69) is 219 Å². The van der Waals surface area contributed by atoms with Gasteiger partial charge in [-0.1, -0.05) is 201 Å². The molecule has 0 saturated carbocycles. The third-order valence-corrected chi connectivity index (χ3v) is 14.2. The molecule has 0 radical (unpaired) electrons. The van der Waals surface area contributed by atoms with E-state index in [-0.39, 0.29) is 27.1 Å². The molecular formula is C62H64. The topological polar surface area (TPSA) is 0 Å². The Balaban J connectivity index is 1.44. The summed E-state index contributed by atoms with van der Waals surface area (Å²) in [5, 5.41) is 7.99. The van der Waals surface area contributed by atoms with Crippen molar-refractivity contribution in [3.8, 4) is 66.8 Å². The number of hydrogen-bond donors (Lipinski definition) is 0. The number of hydrogen-bond acceptors (Lipinski definition) is 0. The summed E-state index contributed by atoms with van der Waals surface area (Å²) in [6.45, 7) is 35.4. The van der Waals surface area contributed by atoms with E-state index in [4.69, 9.17) is 0 Å². The van der Waals surface area contributed by atoms with Crippen LogP contribution in [0, 0.1) is 0 Å². The second-order valence-electron chi connectivity index (χ2n) is 23.9. The van der Waals surface area contributed by atoms with Crippen LogP contribution in [-0.2, 0) is 27.1 Å². The van der Waals surface area contributed by atoms with E-state index >= 15 is 0 Å². The first-order valence-corrected chi connectivity index (χ1v) is 23.0. The molecule has 2 aliphatic rings. The van der Waals surface area contributed by atoms with Gasteiger partial charge in [0.1, 0.15) is 0 Å². The lowest BCUT2D eigenvalue weighted by Crippen LogP contribution is -2.17. The van der Waals surface area contributed by atoms with Crippen molar-refractivity contribution in [3.05, 3.63) is 143 Å². The predicted molar refractivity (Wildman–Crippen MR) is 272 cm³/mol. The molecule has 10 rings (SSSR count). The Morgan fingerprint density at radius 1 is 0.258 bits per heavy atom. The summed E-state index contributed by atoms with van der Waals surface area (Å²) in [5.41, 5.74) is 23.0. The SMILES string of the molecule is CC(C)(C)c1cc(-c2c3c(c(-c4cc(C(C)(C)C)cc(C(C)(C)C)c4)c4cc5ccccc5cc24)-c2ccc4c5c(ccc-3c25)-c2ccc(C(C)(C)C)cc2-4)cc(C(C)(C)C)c1. The van der Waals surface area contributed by atoms with Gasteiger partial charge in [-0.15, -0.1) is 0 Å². The molecule has 312 valence electrons. The molecule has 62 heavy (non-hydrogen) atoms. The Labute approximate surface area is 371 Å². The summed E-state index contributed by atoms with van der Waals surface area (Å²) in [6.07, 6.45) is 0. The standard InChI is InChI=1S/C62H64/c1-58(2,3)39-20-21-44-45-22-24-47-55-48(25-23-46(54(45)55)49(44)34-39)57-53(38-28-42(61(10,11)12)33-43(29-38)62(13,14)15)51-31-36-19-17-16-18-35(36)30-50(51)52(56(47)57)37-26-40(59(4,5)6)32-41(27-37)60(7,8)9/h16-34H,1-15H3. The van der Waals surface area contributed by atoms with Gasteiger partial charge in [-0.2, -0.15) is 0 Å². The highest BCUT2D eigenvalue weighted by molar-refractivity contribution is 6.32. The number of fused-ring (bicyclic) bond motifs is 8. The second kappa shape index (κ2) is 13.0. The molecule has 0 unspecified atom stereocenters. The van der Waals surface area contributed by atoms with Gasteiger partial charge < -0.3 is 0 Å². The van der Waals surface area contributed by atoms with Crippen LogP contribution in [0.4, 0.5) is 0 Å². The van der Waals surface area contributed by atoms with Crippen LogP contribution in [0.5, 0.6) is 0 Å². The van der Waals surface area contributed by atoms with Gasteiger partial charge in [0.25, 0.3) is 0 Å². The van der Waals surface area contributed by atoms with Gasteiger partial charge in [-0.25, -0.2) is 0 Å². The van der Waals surface area contributed by atoms with Gasteiger partial charge in [0, 0.05) is 0 Å². The maximum Gasteiger partial charge on any atom is -0.000740 e. The molecule has 0 aliphatic heterocycles. The fraction of sp³-hybridized carbons (Fsp3) is 0.323. The summed E-state index contributed by atoms with van der Waals surface area (Å²) in [7, 11) is 0. The first kappa shape index (κ1) is 40.6. The molecule has 0 heteroatoms. The average Bonchev–Trinajstić information content (AvgIpc) is 3.69. The number of benzene rings is 8. The zero-order valence-corrected chi connectivity index (χ0v) is 40.0. The van der Waals surface area contributed by atoms with Crippen LogP contribution in [0.3, 0.4) is 0 Å². The highest BCUT2D eigenvalue weighted by Crippen LogP contribution is 2.62. The van der Waals surface area contributed by atoms with Crippen molar-refractivity contribution in [2.75, 3.05) is 0 Å². The molecule has 2 aliphatic carbocycles.